The van der Waals surface area contributed by atoms with Gasteiger partial charge in [0.25, 0.3) is 5.91 Å². The number of amides is 1. The Morgan fingerprint density at radius 2 is 1.79 bits per heavy atom. The second-order valence-corrected chi connectivity index (χ2v) is 4.68. The minimum atomic E-state index is -0.0981. The van der Waals surface area contributed by atoms with Crippen LogP contribution in [0.25, 0.3) is 0 Å². The molecule has 19 heavy (non-hydrogen) atoms. The summed E-state index contributed by atoms with van der Waals surface area (Å²) < 4.78 is 0. The van der Waals surface area contributed by atoms with Crippen molar-refractivity contribution in [1.29, 1.82) is 0 Å². The molecule has 98 valence electrons. The van der Waals surface area contributed by atoms with E-state index in [1.54, 1.807) is 24.1 Å². The molecule has 0 saturated carbocycles. The van der Waals surface area contributed by atoms with Gasteiger partial charge in [-0.3, -0.25) is 4.79 Å². The molecule has 4 nitrogen and oxygen atoms in total. The summed E-state index contributed by atoms with van der Waals surface area (Å²) in [5, 5.41) is 0. The van der Waals surface area contributed by atoms with E-state index >= 15 is 0 Å². The van der Waals surface area contributed by atoms with Crippen molar-refractivity contribution in [2.45, 2.75) is 13.8 Å². The molecule has 0 bridgehead atoms. The smallest absolute Gasteiger partial charge is 0.258 e. The summed E-state index contributed by atoms with van der Waals surface area (Å²) in [4.78, 5) is 17.9. The average Bonchev–Trinajstić information content (AvgIpc) is 2.36. The molecule has 4 heteroatoms. The summed E-state index contributed by atoms with van der Waals surface area (Å²) in [5.41, 5.74) is 9.27. The van der Waals surface area contributed by atoms with Crippen LogP contribution in [0.15, 0.2) is 36.5 Å². The maximum Gasteiger partial charge on any atom is 0.258 e. The first-order chi connectivity index (χ1) is 8.97. The summed E-state index contributed by atoms with van der Waals surface area (Å²) in [5.74, 6) is 0.249. The van der Waals surface area contributed by atoms with E-state index in [4.69, 9.17) is 5.73 Å². The molecule has 1 aromatic heterocycles. The second-order valence-electron chi connectivity index (χ2n) is 4.68. The summed E-state index contributed by atoms with van der Waals surface area (Å²) >= 11 is 0. The first kappa shape index (κ1) is 13.1. The SMILES string of the molecule is Cc1cc(C)cc(N(C)C(=O)c2ccnc(N)c2)c1. The van der Waals surface area contributed by atoms with E-state index in [1.807, 2.05) is 26.0 Å². The van der Waals surface area contributed by atoms with Crippen LogP contribution in [0, 0.1) is 13.8 Å². The van der Waals surface area contributed by atoms with Gasteiger partial charge in [0.15, 0.2) is 0 Å². The van der Waals surface area contributed by atoms with Crippen molar-refractivity contribution in [1.82, 2.24) is 4.98 Å². The first-order valence-corrected chi connectivity index (χ1v) is 6.05. The number of aromatic nitrogens is 1. The minimum Gasteiger partial charge on any atom is -0.384 e. The van der Waals surface area contributed by atoms with Gasteiger partial charge < -0.3 is 10.6 Å². The van der Waals surface area contributed by atoms with E-state index in [1.165, 1.54) is 6.20 Å². The Hall–Kier alpha value is -2.36. The largest absolute Gasteiger partial charge is 0.384 e. The van der Waals surface area contributed by atoms with E-state index in [0.717, 1.165) is 16.8 Å². The van der Waals surface area contributed by atoms with Crippen LogP contribution in [0.2, 0.25) is 0 Å². The van der Waals surface area contributed by atoms with Crippen LogP contribution in [0.5, 0.6) is 0 Å². The standard InChI is InChI=1S/C15H17N3O/c1-10-6-11(2)8-13(7-10)18(3)15(19)12-4-5-17-14(16)9-12/h4-9H,1-3H3,(H2,16,17). The van der Waals surface area contributed by atoms with Crippen molar-refractivity contribution >= 4 is 17.4 Å². The van der Waals surface area contributed by atoms with Crippen LogP contribution >= 0.6 is 0 Å². The molecule has 0 spiro atoms. The highest BCUT2D eigenvalue weighted by atomic mass is 16.2. The lowest BCUT2D eigenvalue weighted by atomic mass is 10.1. The molecular weight excluding hydrogens is 238 g/mol. The Kier molecular flexibility index (Phi) is 3.51. The fourth-order valence-corrected chi connectivity index (χ4v) is 2.04. The number of pyridine rings is 1. The van der Waals surface area contributed by atoms with Gasteiger partial charge in [-0.1, -0.05) is 6.07 Å². The minimum absolute atomic E-state index is 0.0981. The molecule has 1 amide bonds. The molecule has 0 fully saturated rings. The van der Waals surface area contributed by atoms with Gasteiger partial charge in [0.2, 0.25) is 0 Å². The van der Waals surface area contributed by atoms with Crippen molar-refractivity contribution in [2.75, 3.05) is 17.7 Å². The number of anilines is 2. The number of nitrogens with two attached hydrogens (primary N) is 1. The lowest BCUT2D eigenvalue weighted by Crippen LogP contribution is -2.26. The lowest BCUT2D eigenvalue weighted by Gasteiger charge is -2.18. The number of carbonyl (C=O) groups excluding carboxylic acids is 1. The summed E-state index contributed by atoms with van der Waals surface area (Å²) in [7, 11) is 1.76. The van der Waals surface area contributed by atoms with Gasteiger partial charge in [0.1, 0.15) is 5.82 Å². The van der Waals surface area contributed by atoms with Crippen LogP contribution in [0.3, 0.4) is 0 Å². The Morgan fingerprint density at radius 3 is 2.37 bits per heavy atom. The van der Waals surface area contributed by atoms with Crippen molar-refractivity contribution in [3.63, 3.8) is 0 Å². The quantitative estimate of drug-likeness (QED) is 0.897. The average molecular weight is 255 g/mol. The van der Waals surface area contributed by atoms with Gasteiger partial charge in [-0.05, 0) is 49.2 Å². The third-order valence-electron chi connectivity index (χ3n) is 2.93. The Morgan fingerprint density at radius 1 is 1.16 bits per heavy atom. The summed E-state index contributed by atoms with van der Waals surface area (Å²) in [6.45, 7) is 4.03. The van der Waals surface area contributed by atoms with Gasteiger partial charge in [0, 0.05) is 24.5 Å². The fourth-order valence-electron chi connectivity index (χ4n) is 2.04. The molecule has 0 saturated heterocycles. The molecule has 0 atom stereocenters. The molecule has 2 rings (SSSR count). The van der Waals surface area contributed by atoms with E-state index in [9.17, 15) is 4.79 Å². The summed E-state index contributed by atoms with van der Waals surface area (Å²) in [6.07, 6.45) is 1.54. The van der Waals surface area contributed by atoms with Gasteiger partial charge >= 0.3 is 0 Å². The van der Waals surface area contributed by atoms with Crippen molar-refractivity contribution in [3.05, 3.63) is 53.2 Å². The lowest BCUT2D eigenvalue weighted by molar-refractivity contribution is 0.0993. The number of nitrogen functional groups attached to an aromatic ring is 1. The van der Waals surface area contributed by atoms with E-state index < -0.39 is 0 Å². The van der Waals surface area contributed by atoms with Gasteiger partial charge in [-0.25, -0.2) is 4.98 Å². The maximum absolute atomic E-state index is 12.4. The Labute approximate surface area is 112 Å². The Bertz CT molecular complexity index is 602. The number of carbonyl (C=O) groups is 1. The maximum atomic E-state index is 12.4. The molecule has 2 aromatic rings. The van der Waals surface area contributed by atoms with Gasteiger partial charge in [-0.2, -0.15) is 0 Å². The number of hydrogen-bond acceptors (Lipinski definition) is 3. The third-order valence-corrected chi connectivity index (χ3v) is 2.93. The molecule has 0 aliphatic rings. The number of nitrogens with zero attached hydrogens (tertiary/aromatic N) is 2. The van der Waals surface area contributed by atoms with Crippen LogP contribution in [0.1, 0.15) is 21.5 Å². The highest BCUT2D eigenvalue weighted by Gasteiger charge is 2.14. The van der Waals surface area contributed by atoms with Gasteiger partial charge in [0.05, 0.1) is 0 Å². The van der Waals surface area contributed by atoms with Crippen molar-refractivity contribution in [3.8, 4) is 0 Å². The Balaban J connectivity index is 2.33. The predicted octanol–water partition coefficient (Wildman–Crippen LogP) is 2.56. The normalized spacial score (nSPS) is 10.3. The number of aryl methyl sites for hydroxylation is 2. The van der Waals surface area contributed by atoms with Crippen LogP contribution in [-0.2, 0) is 0 Å². The van der Waals surface area contributed by atoms with E-state index in [2.05, 4.69) is 11.1 Å². The molecule has 0 unspecified atom stereocenters. The van der Waals surface area contributed by atoms with Crippen molar-refractivity contribution < 1.29 is 4.79 Å². The monoisotopic (exact) mass is 255 g/mol. The highest BCUT2D eigenvalue weighted by molar-refractivity contribution is 6.06. The molecule has 0 aliphatic heterocycles. The first-order valence-electron chi connectivity index (χ1n) is 6.05. The van der Waals surface area contributed by atoms with Crippen molar-refractivity contribution in [2.24, 2.45) is 0 Å². The second kappa shape index (κ2) is 5.10. The molecular formula is C15H17N3O. The predicted molar refractivity (Wildman–Crippen MR) is 77.3 cm³/mol. The molecule has 2 N–H and O–H groups in total. The number of benzene rings is 1. The van der Waals surface area contributed by atoms with Gasteiger partial charge in [-0.15, -0.1) is 0 Å². The number of rotatable bonds is 2. The van der Waals surface area contributed by atoms with Crippen LogP contribution in [-0.4, -0.2) is 17.9 Å². The zero-order valence-electron chi connectivity index (χ0n) is 11.3. The molecule has 1 heterocycles. The molecule has 1 aromatic carbocycles. The topological polar surface area (TPSA) is 59.2 Å². The van der Waals surface area contributed by atoms with E-state index in [-0.39, 0.29) is 5.91 Å². The van der Waals surface area contributed by atoms with Crippen LogP contribution < -0.4 is 10.6 Å². The molecule has 0 aliphatic carbocycles. The fraction of sp³-hybridized carbons (Fsp3) is 0.200. The summed E-state index contributed by atoms with van der Waals surface area (Å²) in [6, 6.07) is 9.29. The zero-order chi connectivity index (χ0) is 14.0. The number of hydrogen-bond donors (Lipinski definition) is 1. The third kappa shape index (κ3) is 2.91. The van der Waals surface area contributed by atoms with Crippen LogP contribution in [0.4, 0.5) is 11.5 Å². The van der Waals surface area contributed by atoms with E-state index in [0.29, 0.717) is 11.4 Å². The molecule has 0 radical (unpaired) electrons. The highest BCUT2D eigenvalue weighted by Crippen LogP contribution is 2.19. The zero-order valence-corrected chi connectivity index (χ0v) is 11.3.